The molecule has 1 saturated carbocycles. The summed E-state index contributed by atoms with van der Waals surface area (Å²) >= 11 is 0. The molecule has 6 aromatic carbocycles. The first kappa shape index (κ1) is 45.4. The van der Waals surface area contributed by atoms with Crippen LogP contribution in [0.4, 0.5) is 0 Å². The van der Waals surface area contributed by atoms with Crippen molar-refractivity contribution in [2.45, 2.75) is 36.7 Å². The van der Waals surface area contributed by atoms with Crippen molar-refractivity contribution < 1.29 is 33.5 Å². The highest BCUT2D eigenvalue weighted by atomic mass is 16.5. The normalized spacial score (nSPS) is 17.3. The average Bonchev–Trinajstić information content (AvgIpc) is 3.64. The monoisotopic (exact) mass is 886 g/mol. The van der Waals surface area contributed by atoms with Crippen LogP contribution < -0.4 is 30.2 Å². The maximum Gasteiger partial charge on any atom is 0.328 e. The van der Waals surface area contributed by atoms with Gasteiger partial charge in [0.2, 0.25) is 0 Å². The summed E-state index contributed by atoms with van der Waals surface area (Å²) in [7, 11) is 6.48. The lowest BCUT2D eigenvalue weighted by atomic mass is 9.76. The number of H-pyrrole nitrogens is 1. The first-order valence-corrected chi connectivity index (χ1v) is 21.7. The van der Waals surface area contributed by atoms with Crippen LogP contribution in [0.5, 0.6) is 23.0 Å². The van der Waals surface area contributed by atoms with Crippen molar-refractivity contribution in [3.8, 4) is 23.0 Å². The summed E-state index contributed by atoms with van der Waals surface area (Å²) in [6.07, 6.45) is 0.810. The van der Waals surface area contributed by atoms with Gasteiger partial charge in [0.05, 0.1) is 59.2 Å². The van der Waals surface area contributed by atoms with Gasteiger partial charge in [-0.15, -0.1) is 0 Å². The molecule has 1 aliphatic rings. The molecular weight excluding hydrogens is 833 g/mol. The molecule has 0 amide bonds. The van der Waals surface area contributed by atoms with Gasteiger partial charge in [0.1, 0.15) is 34.2 Å². The maximum absolute atomic E-state index is 13.9. The van der Waals surface area contributed by atoms with Gasteiger partial charge in [0, 0.05) is 11.8 Å². The number of aliphatic hydroxyl groups is 1. The van der Waals surface area contributed by atoms with Crippen LogP contribution in [0.25, 0.3) is 0 Å². The number of hydrogen-bond donors (Lipinski definition) is 2. The van der Waals surface area contributed by atoms with E-state index in [-0.39, 0.29) is 13.0 Å². The van der Waals surface area contributed by atoms with E-state index >= 15 is 0 Å². The van der Waals surface area contributed by atoms with E-state index in [1.165, 1.54) is 4.57 Å². The van der Waals surface area contributed by atoms with Gasteiger partial charge < -0.3 is 33.5 Å². The molecule has 338 valence electrons. The molecule has 11 heteroatoms. The standard InChI is InChI=1S/C55H54N2O9/c1-37-34-57(52(60)56-51(37)59)49-33-50(66-55(40-15-11-8-12-16-40,43-21-29-47(63-5)30-22-43)44-23-31-48(64-6)32-24-44)53(35-58,38(49)2)36-65-54(39-13-9-7-10-14-39,41-17-25-45(61-3)26-18-41)42-19-27-46(62-4)28-20-42/h7-32,34,49-50,58H,2,33,35-36H2,1,3-6H3,(H,56,59,60)/t49-,50-,53-/m0/s1. The van der Waals surface area contributed by atoms with Crippen molar-refractivity contribution in [2.75, 3.05) is 41.7 Å². The lowest BCUT2D eigenvalue weighted by molar-refractivity contribution is -0.137. The van der Waals surface area contributed by atoms with Crippen LogP contribution in [-0.4, -0.2) is 62.4 Å². The molecule has 7 aromatic rings. The second-order valence-corrected chi connectivity index (χ2v) is 16.5. The zero-order valence-electron chi connectivity index (χ0n) is 37.7. The second-order valence-electron chi connectivity index (χ2n) is 16.5. The number of aromatic nitrogens is 2. The third-order valence-corrected chi connectivity index (χ3v) is 13.1. The van der Waals surface area contributed by atoms with Crippen LogP contribution in [0.15, 0.2) is 186 Å². The smallest absolute Gasteiger partial charge is 0.328 e. The summed E-state index contributed by atoms with van der Waals surface area (Å²) in [5, 5.41) is 12.2. The largest absolute Gasteiger partial charge is 0.497 e. The Balaban J connectivity index is 1.38. The summed E-state index contributed by atoms with van der Waals surface area (Å²) in [6, 6.07) is 49.9. The highest BCUT2D eigenvalue weighted by Crippen LogP contribution is 2.55. The summed E-state index contributed by atoms with van der Waals surface area (Å²) in [4.78, 5) is 29.1. The van der Waals surface area contributed by atoms with Crippen molar-refractivity contribution in [2.24, 2.45) is 5.41 Å². The Labute approximate surface area is 384 Å². The predicted molar refractivity (Wildman–Crippen MR) is 254 cm³/mol. The van der Waals surface area contributed by atoms with Crippen LogP contribution in [0, 0.1) is 12.3 Å². The van der Waals surface area contributed by atoms with Crippen LogP contribution in [0.1, 0.15) is 51.4 Å². The molecule has 3 atom stereocenters. The second kappa shape index (κ2) is 19.1. The molecule has 1 fully saturated rings. The number of benzene rings is 6. The van der Waals surface area contributed by atoms with E-state index < -0.39 is 46.6 Å². The van der Waals surface area contributed by atoms with E-state index in [0.29, 0.717) is 34.1 Å². The number of nitrogens with one attached hydrogen (secondary N) is 1. The average molecular weight is 887 g/mol. The number of aryl methyl sites for hydroxylation is 1. The van der Waals surface area contributed by atoms with Gasteiger partial charge in [-0.2, -0.15) is 0 Å². The molecule has 11 nitrogen and oxygen atoms in total. The van der Waals surface area contributed by atoms with Crippen molar-refractivity contribution >= 4 is 0 Å². The summed E-state index contributed by atoms with van der Waals surface area (Å²) in [6.45, 7) is 5.71. The van der Waals surface area contributed by atoms with E-state index in [9.17, 15) is 14.7 Å². The fourth-order valence-electron chi connectivity index (χ4n) is 9.36. The fraction of sp³-hybridized carbons (Fsp3) is 0.236. The zero-order valence-corrected chi connectivity index (χ0v) is 37.7. The van der Waals surface area contributed by atoms with Crippen LogP contribution in [0.2, 0.25) is 0 Å². The van der Waals surface area contributed by atoms with Crippen molar-refractivity contribution in [1.29, 1.82) is 0 Å². The Morgan fingerprint density at radius 1 is 0.606 bits per heavy atom. The SMILES string of the molecule is C=C1[C@@H](n2cc(C)c(=O)[nH]c2=O)C[C@H](OC(c2ccccc2)(c2ccc(OC)cc2)c2ccc(OC)cc2)[C@@]1(CO)COC(c1ccccc1)(c1ccc(OC)cc1)c1ccc(OC)cc1. The minimum Gasteiger partial charge on any atom is -0.497 e. The van der Waals surface area contributed by atoms with E-state index in [4.69, 9.17) is 35.0 Å². The topological polar surface area (TPSA) is 130 Å². The fourth-order valence-corrected chi connectivity index (χ4v) is 9.36. The molecule has 0 radical (unpaired) electrons. The van der Waals surface area contributed by atoms with Crippen molar-refractivity contribution in [3.05, 3.63) is 236 Å². The number of rotatable bonds is 17. The third-order valence-electron chi connectivity index (χ3n) is 13.1. The molecule has 2 N–H and O–H groups in total. The lowest BCUT2D eigenvalue weighted by Gasteiger charge is -2.45. The highest BCUT2D eigenvalue weighted by Gasteiger charge is 2.57. The van der Waals surface area contributed by atoms with E-state index in [1.54, 1.807) is 41.6 Å². The first-order valence-electron chi connectivity index (χ1n) is 21.7. The van der Waals surface area contributed by atoms with E-state index in [2.05, 4.69) is 4.98 Å². The Bertz CT molecular complexity index is 2770. The Hall–Kier alpha value is -7.18. The molecule has 1 aliphatic carbocycles. The molecule has 0 aliphatic heterocycles. The number of aliphatic hydroxyl groups excluding tert-OH is 1. The van der Waals surface area contributed by atoms with Gasteiger partial charge in [-0.1, -0.05) is 116 Å². The van der Waals surface area contributed by atoms with Crippen molar-refractivity contribution in [3.63, 3.8) is 0 Å². The molecular formula is C55H54N2O9. The Morgan fingerprint density at radius 3 is 1.38 bits per heavy atom. The van der Waals surface area contributed by atoms with E-state index in [0.717, 1.165) is 33.4 Å². The van der Waals surface area contributed by atoms with Gasteiger partial charge in [-0.3, -0.25) is 14.3 Å². The Morgan fingerprint density at radius 2 is 0.985 bits per heavy atom. The van der Waals surface area contributed by atoms with Gasteiger partial charge >= 0.3 is 5.69 Å². The number of aromatic amines is 1. The van der Waals surface area contributed by atoms with Crippen LogP contribution in [0.3, 0.4) is 0 Å². The van der Waals surface area contributed by atoms with Crippen LogP contribution in [-0.2, 0) is 20.7 Å². The first-order chi connectivity index (χ1) is 32.1. The van der Waals surface area contributed by atoms with Gasteiger partial charge in [0.15, 0.2) is 0 Å². The van der Waals surface area contributed by atoms with Gasteiger partial charge in [-0.25, -0.2) is 4.79 Å². The molecule has 0 saturated heterocycles. The predicted octanol–water partition coefficient (Wildman–Crippen LogP) is 8.75. The molecule has 8 rings (SSSR count). The highest BCUT2D eigenvalue weighted by molar-refractivity contribution is 5.52. The summed E-state index contributed by atoms with van der Waals surface area (Å²) < 4.78 is 39.4. The number of methoxy groups -OCH3 is 4. The van der Waals surface area contributed by atoms with Gasteiger partial charge in [-0.05, 0) is 101 Å². The Kier molecular flexibility index (Phi) is 13.1. The zero-order chi connectivity index (χ0) is 46.5. The summed E-state index contributed by atoms with van der Waals surface area (Å²) in [5.41, 5.74) is 0.430. The molecule has 0 bridgehead atoms. The molecule has 1 heterocycles. The third kappa shape index (κ3) is 8.10. The quantitative estimate of drug-likeness (QED) is 0.0681. The van der Waals surface area contributed by atoms with E-state index in [1.807, 2.05) is 158 Å². The minimum atomic E-state index is -1.40. The molecule has 1 aromatic heterocycles. The number of nitrogens with zero attached hydrogens (tertiary/aromatic N) is 1. The maximum atomic E-state index is 13.9. The molecule has 0 unspecified atom stereocenters. The minimum absolute atomic E-state index is 0.149. The molecule has 0 spiro atoms. The summed E-state index contributed by atoms with van der Waals surface area (Å²) in [5.74, 6) is 2.65. The number of ether oxygens (including phenoxy) is 6. The van der Waals surface area contributed by atoms with Gasteiger partial charge in [0.25, 0.3) is 5.56 Å². The molecule has 66 heavy (non-hydrogen) atoms. The van der Waals surface area contributed by atoms with Crippen molar-refractivity contribution in [1.82, 2.24) is 9.55 Å². The van der Waals surface area contributed by atoms with Crippen LogP contribution >= 0.6 is 0 Å². The lowest BCUT2D eigenvalue weighted by Crippen LogP contribution is -2.48. The number of hydrogen-bond acceptors (Lipinski definition) is 9.